The van der Waals surface area contributed by atoms with Crippen molar-refractivity contribution < 1.29 is 19.4 Å². The number of carbonyl (C=O) groups is 2. The van der Waals surface area contributed by atoms with E-state index in [1.165, 1.54) is 13.8 Å². The van der Waals surface area contributed by atoms with Crippen LogP contribution in [0.1, 0.15) is 58.4 Å². The van der Waals surface area contributed by atoms with Crippen LogP contribution >= 0.6 is 0 Å². The monoisotopic (exact) mass is 321 g/mol. The number of nitrogens with one attached hydrogen (secondary N) is 1. The zero-order valence-electron chi connectivity index (χ0n) is 14.4. The van der Waals surface area contributed by atoms with Gasteiger partial charge in [-0.2, -0.15) is 0 Å². The highest BCUT2D eigenvalue weighted by molar-refractivity contribution is 5.83. The van der Waals surface area contributed by atoms with Gasteiger partial charge in [-0.1, -0.05) is 31.9 Å². The molecule has 0 spiro atoms. The van der Waals surface area contributed by atoms with Gasteiger partial charge in [0, 0.05) is 6.54 Å². The van der Waals surface area contributed by atoms with E-state index in [0.29, 0.717) is 12.3 Å². The summed E-state index contributed by atoms with van der Waals surface area (Å²) < 4.78 is 5.45. The Kier molecular flexibility index (Phi) is 7.07. The molecule has 128 valence electrons. The third-order valence-corrected chi connectivity index (χ3v) is 3.74. The Balaban J connectivity index is 2.61. The second-order valence-corrected chi connectivity index (χ2v) is 6.21. The van der Waals surface area contributed by atoms with Crippen LogP contribution < -0.4 is 10.1 Å². The predicted molar refractivity (Wildman–Crippen MR) is 89.7 cm³/mol. The van der Waals surface area contributed by atoms with E-state index in [4.69, 9.17) is 9.84 Å². The van der Waals surface area contributed by atoms with Crippen molar-refractivity contribution in [1.29, 1.82) is 0 Å². The van der Waals surface area contributed by atoms with Crippen molar-refractivity contribution in [2.24, 2.45) is 0 Å². The molecule has 0 aliphatic carbocycles. The molecule has 0 saturated heterocycles. The van der Waals surface area contributed by atoms with Crippen LogP contribution in [0.3, 0.4) is 0 Å². The largest absolute Gasteiger partial charge is 0.478 e. The van der Waals surface area contributed by atoms with Gasteiger partial charge in [0.05, 0.1) is 5.92 Å². The maximum Gasteiger partial charge on any atom is 0.347 e. The van der Waals surface area contributed by atoms with Gasteiger partial charge in [0.15, 0.2) is 5.60 Å². The first-order valence-electron chi connectivity index (χ1n) is 8.08. The topological polar surface area (TPSA) is 75.6 Å². The van der Waals surface area contributed by atoms with Gasteiger partial charge in [-0.3, -0.25) is 4.79 Å². The summed E-state index contributed by atoms with van der Waals surface area (Å²) in [6, 6.07) is 6.98. The number of carboxylic acids is 1. The van der Waals surface area contributed by atoms with Gasteiger partial charge in [0.25, 0.3) is 0 Å². The highest BCUT2D eigenvalue weighted by atomic mass is 16.5. The van der Waals surface area contributed by atoms with Crippen molar-refractivity contribution in [3.8, 4) is 5.75 Å². The van der Waals surface area contributed by atoms with Gasteiger partial charge < -0.3 is 15.2 Å². The SMILES string of the molecule is CCCCCNC(=O)C(C)c1ccc(OC(C)(C)C(=O)O)cc1. The molecule has 1 unspecified atom stereocenters. The summed E-state index contributed by atoms with van der Waals surface area (Å²) in [5, 5.41) is 12.0. The Hall–Kier alpha value is -2.04. The second kappa shape index (κ2) is 8.56. The smallest absolute Gasteiger partial charge is 0.347 e. The first-order chi connectivity index (χ1) is 10.8. The van der Waals surface area contributed by atoms with Crippen LogP contribution in [0.15, 0.2) is 24.3 Å². The van der Waals surface area contributed by atoms with Gasteiger partial charge in [-0.05, 0) is 44.9 Å². The summed E-state index contributed by atoms with van der Waals surface area (Å²) >= 11 is 0. The van der Waals surface area contributed by atoms with E-state index >= 15 is 0 Å². The Morgan fingerprint density at radius 3 is 2.35 bits per heavy atom. The average Bonchev–Trinajstić information content (AvgIpc) is 2.51. The van der Waals surface area contributed by atoms with E-state index in [2.05, 4.69) is 12.2 Å². The standard InChI is InChI=1S/C18H27NO4/c1-5-6-7-12-19-16(20)13(2)14-8-10-15(11-9-14)23-18(3,4)17(21)22/h8-11,13H,5-7,12H2,1-4H3,(H,19,20)(H,21,22). The second-order valence-electron chi connectivity index (χ2n) is 6.21. The van der Waals surface area contributed by atoms with Crippen molar-refractivity contribution in [2.45, 2.75) is 58.5 Å². The number of rotatable bonds is 9. The van der Waals surface area contributed by atoms with E-state index in [1.54, 1.807) is 24.3 Å². The van der Waals surface area contributed by atoms with Crippen molar-refractivity contribution in [2.75, 3.05) is 6.54 Å². The molecule has 0 aromatic heterocycles. The van der Waals surface area contributed by atoms with Crippen molar-refractivity contribution in [1.82, 2.24) is 5.32 Å². The lowest BCUT2D eigenvalue weighted by Gasteiger charge is -2.22. The summed E-state index contributed by atoms with van der Waals surface area (Å²) in [4.78, 5) is 23.1. The van der Waals surface area contributed by atoms with Gasteiger partial charge in [0.1, 0.15) is 5.75 Å². The fourth-order valence-corrected chi connectivity index (χ4v) is 2.05. The molecule has 0 saturated carbocycles. The van der Waals surface area contributed by atoms with Crippen LogP contribution in [0, 0.1) is 0 Å². The number of hydrogen-bond donors (Lipinski definition) is 2. The molecule has 0 bridgehead atoms. The van der Waals surface area contributed by atoms with E-state index in [9.17, 15) is 9.59 Å². The zero-order valence-corrected chi connectivity index (χ0v) is 14.4. The third kappa shape index (κ3) is 5.93. The third-order valence-electron chi connectivity index (χ3n) is 3.74. The molecule has 1 atom stereocenters. The van der Waals surface area contributed by atoms with E-state index in [1.807, 2.05) is 6.92 Å². The number of ether oxygens (including phenoxy) is 1. The summed E-state index contributed by atoms with van der Waals surface area (Å²) in [5.74, 6) is -0.808. The van der Waals surface area contributed by atoms with Crippen LogP contribution in [0.25, 0.3) is 0 Å². The number of hydrogen-bond acceptors (Lipinski definition) is 3. The van der Waals surface area contributed by atoms with Crippen molar-refractivity contribution in [3.05, 3.63) is 29.8 Å². The molecule has 0 fully saturated rings. The molecule has 1 aromatic carbocycles. The van der Waals surface area contributed by atoms with Gasteiger partial charge >= 0.3 is 5.97 Å². The van der Waals surface area contributed by atoms with Crippen LogP contribution in [0.5, 0.6) is 5.75 Å². The first kappa shape index (κ1) is 19.0. The lowest BCUT2D eigenvalue weighted by atomic mass is 10.00. The van der Waals surface area contributed by atoms with E-state index in [-0.39, 0.29) is 11.8 Å². The normalized spacial score (nSPS) is 12.5. The van der Waals surface area contributed by atoms with Crippen LogP contribution in [0.2, 0.25) is 0 Å². The molecule has 1 rings (SSSR count). The number of amides is 1. The average molecular weight is 321 g/mol. The molecule has 23 heavy (non-hydrogen) atoms. The molecule has 1 amide bonds. The molecular weight excluding hydrogens is 294 g/mol. The maximum absolute atomic E-state index is 12.1. The van der Waals surface area contributed by atoms with Gasteiger partial charge in [0.2, 0.25) is 5.91 Å². The summed E-state index contributed by atoms with van der Waals surface area (Å²) in [6.07, 6.45) is 3.23. The molecular formula is C18H27NO4. The molecule has 5 nitrogen and oxygen atoms in total. The quantitative estimate of drug-likeness (QED) is 0.684. The Morgan fingerprint density at radius 1 is 1.22 bits per heavy atom. The number of aliphatic carboxylic acids is 1. The molecule has 1 aromatic rings. The van der Waals surface area contributed by atoms with E-state index in [0.717, 1.165) is 24.8 Å². The lowest BCUT2D eigenvalue weighted by molar-refractivity contribution is -0.152. The molecule has 0 heterocycles. The zero-order chi connectivity index (χ0) is 17.5. The van der Waals surface area contributed by atoms with Crippen molar-refractivity contribution >= 4 is 11.9 Å². The summed E-state index contributed by atoms with van der Waals surface area (Å²) in [6.45, 7) is 7.67. The highest BCUT2D eigenvalue weighted by Crippen LogP contribution is 2.23. The van der Waals surface area contributed by atoms with Crippen LogP contribution in [0.4, 0.5) is 0 Å². The van der Waals surface area contributed by atoms with Gasteiger partial charge in [-0.15, -0.1) is 0 Å². The Bertz CT molecular complexity index is 522. The lowest BCUT2D eigenvalue weighted by Crippen LogP contribution is -2.37. The number of benzene rings is 1. The highest BCUT2D eigenvalue weighted by Gasteiger charge is 2.29. The molecule has 0 aliphatic rings. The molecule has 5 heteroatoms. The fourth-order valence-electron chi connectivity index (χ4n) is 2.05. The number of carbonyl (C=O) groups excluding carboxylic acids is 1. The fraction of sp³-hybridized carbons (Fsp3) is 0.556. The molecule has 0 radical (unpaired) electrons. The predicted octanol–water partition coefficient (Wildman–Crippen LogP) is 3.34. The molecule has 0 aliphatic heterocycles. The van der Waals surface area contributed by atoms with Crippen molar-refractivity contribution in [3.63, 3.8) is 0 Å². The Labute approximate surface area is 138 Å². The Morgan fingerprint density at radius 2 is 1.83 bits per heavy atom. The van der Waals surface area contributed by atoms with Gasteiger partial charge in [-0.25, -0.2) is 4.79 Å². The maximum atomic E-state index is 12.1. The van der Waals surface area contributed by atoms with Crippen LogP contribution in [-0.2, 0) is 9.59 Å². The number of unbranched alkanes of at least 4 members (excludes halogenated alkanes) is 2. The van der Waals surface area contributed by atoms with E-state index < -0.39 is 11.6 Å². The summed E-state index contributed by atoms with van der Waals surface area (Å²) in [7, 11) is 0. The summed E-state index contributed by atoms with van der Waals surface area (Å²) in [5.41, 5.74) is -0.414. The van der Waals surface area contributed by atoms with Crippen LogP contribution in [-0.4, -0.2) is 29.1 Å². The number of carboxylic acid groups (broad SMARTS) is 1. The molecule has 2 N–H and O–H groups in total. The minimum Gasteiger partial charge on any atom is -0.478 e. The minimum atomic E-state index is -1.29. The first-order valence-corrected chi connectivity index (χ1v) is 8.08. The minimum absolute atomic E-state index is 0.000590.